The van der Waals surface area contributed by atoms with Gasteiger partial charge in [-0.3, -0.25) is 14.9 Å². The largest absolute Gasteiger partial charge is 0.443 e. The van der Waals surface area contributed by atoms with Gasteiger partial charge in [0.15, 0.2) is 0 Å². The van der Waals surface area contributed by atoms with Gasteiger partial charge in [-0.1, -0.05) is 46.3 Å². The number of nitro groups is 1. The van der Waals surface area contributed by atoms with Crippen molar-refractivity contribution in [3.05, 3.63) is 74.2 Å². The van der Waals surface area contributed by atoms with E-state index in [1.165, 1.54) is 6.92 Å². The molecule has 2 aromatic rings. The number of hydrogen-bond donors (Lipinski definition) is 1. The van der Waals surface area contributed by atoms with Crippen LogP contribution < -0.4 is 4.90 Å². The Balaban J connectivity index is 1.97. The van der Waals surface area contributed by atoms with Gasteiger partial charge in [-0.15, -0.1) is 0 Å². The molecule has 1 saturated carbocycles. The summed E-state index contributed by atoms with van der Waals surface area (Å²) in [6.07, 6.45) is -1.06. The van der Waals surface area contributed by atoms with Crippen molar-refractivity contribution in [3.63, 3.8) is 0 Å². The van der Waals surface area contributed by atoms with Gasteiger partial charge in [0.1, 0.15) is 11.2 Å². The summed E-state index contributed by atoms with van der Waals surface area (Å²) in [5.74, 6) is -1.63. The van der Waals surface area contributed by atoms with Crippen LogP contribution >= 0.6 is 15.9 Å². The Morgan fingerprint density at radius 3 is 2.39 bits per heavy atom. The van der Waals surface area contributed by atoms with Crippen LogP contribution in [0.15, 0.2) is 53.0 Å². The smallest absolute Gasteiger partial charge is 0.421 e. The Morgan fingerprint density at radius 2 is 1.82 bits per heavy atom. The molecule has 4 atom stereocenters. The van der Waals surface area contributed by atoms with Gasteiger partial charge in [-0.2, -0.15) is 0 Å². The molecule has 174 valence electrons. The summed E-state index contributed by atoms with van der Waals surface area (Å²) in [4.78, 5) is 39.9. The van der Waals surface area contributed by atoms with Gasteiger partial charge in [0, 0.05) is 15.8 Å². The predicted octanol–water partition coefficient (Wildman–Crippen LogP) is 4.55. The van der Waals surface area contributed by atoms with Gasteiger partial charge in [0.25, 0.3) is 0 Å². The van der Waals surface area contributed by atoms with Crippen molar-refractivity contribution in [2.75, 3.05) is 4.90 Å². The highest BCUT2D eigenvalue weighted by atomic mass is 79.9. The summed E-state index contributed by atoms with van der Waals surface area (Å²) >= 11 is 3.37. The standard InChI is InChI=1S/C24H25BrN2O6/c1-22(2,3)33-21(29)26-17-8-6-5-7-16(17)24(20(26)28)13-23(4,30)19(27(31)32)18(24)14-9-11-15(25)12-10-14/h5-12,18-19,30H,13H2,1-4H3/t18-,19-,23+,24-/m1/s1. The van der Waals surface area contributed by atoms with Crippen LogP contribution in [0.5, 0.6) is 0 Å². The first-order valence-electron chi connectivity index (χ1n) is 10.6. The molecule has 1 aliphatic carbocycles. The maximum atomic E-state index is 14.1. The minimum absolute atomic E-state index is 0.207. The third-order valence-electron chi connectivity index (χ3n) is 6.36. The van der Waals surface area contributed by atoms with Crippen molar-refractivity contribution in [1.82, 2.24) is 0 Å². The highest BCUT2D eigenvalue weighted by Gasteiger charge is 2.72. The van der Waals surface area contributed by atoms with E-state index in [9.17, 15) is 24.8 Å². The Labute approximate surface area is 199 Å². The first-order chi connectivity index (χ1) is 15.3. The van der Waals surface area contributed by atoms with Crippen molar-refractivity contribution in [1.29, 1.82) is 0 Å². The molecule has 0 unspecified atom stereocenters. The average Bonchev–Trinajstić information content (AvgIpc) is 3.09. The molecule has 1 fully saturated rings. The van der Waals surface area contributed by atoms with Crippen LogP contribution in [0.2, 0.25) is 0 Å². The molecule has 2 amide bonds. The number of halogens is 1. The van der Waals surface area contributed by atoms with Gasteiger partial charge in [0.05, 0.1) is 17.0 Å². The Hall–Kier alpha value is -2.78. The van der Waals surface area contributed by atoms with Crippen molar-refractivity contribution < 1.29 is 24.4 Å². The number of carbonyl (C=O) groups excluding carboxylic acids is 2. The van der Waals surface area contributed by atoms with E-state index in [0.717, 1.165) is 9.37 Å². The summed E-state index contributed by atoms with van der Waals surface area (Å²) < 4.78 is 6.27. The maximum absolute atomic E-state index is 14.1. The molecule has 33 heavy (non-hydrogen) atoms. The molecule has 8 nitrogen and oxygen atoms in total. The molecule has 4 rings (SSSR count). The quantitative estimate of drug-likeness (QED) is 0.462. The number of benzene rings is 2. The van der Waals surface area contributed by atoms with Gasteiger partial charge in [-0.25, -0.2) is 9.69 Å². The Bertz CT molecular complexity index is 1140. The summed E-state index contributed by atoms with van der Waals surface area (Å²) in [7, 11) is 0. The van der Waals surface area contributed by atoms with Crippen LogP contribution in [0.4, 0.5) is 10.5 Å². The lowest BCUT2D eigenvalue weighted by molar-refractivity contribution is -0.543. The third kappa shape index (κ3) is 3.63. The molecule has 1 heterocycles. The number of amides is 2. The number of hydrogen-bond acceptors (Lipinski definition) is 6. The van der Waals surface area contributed by atoms with Crippen molar-refractivity contribution in [2.24, 2.45) is 0 Å². The van der Waals surface area contributed by atoms with Crippen LogP contribution in [-0.4, -0.2) is 39.3 Å². The van der Waals surface area contributed by atoms with E-state index in [4.69, 9.17) is 4.74 Å². The lowest BCUT2D eigenvalue weighted by atomic mass is 9.69. The van der Waals surface area contributed by atoms with E-state index in [2.05, 4.69) is 15.9 Å². The minimum Gasteiger partial charge on any atom is -0.443 e. The number of para-hydroxylation sites is 1. The van der Waals surface area contributed by atoms with E-state index in [1.807, 2.05) is 0 Å². The fourth-order valence-corrected chi connectivity index (χ4v) is 5.59. The van der Waals surface area contributed by atoms with Crippen LogP contribution in [0.3, 0.4) is 0 Å². The summed E-state index contributed by atoms with van der Waals surface area (Å²) in [5, 5.41) is 23.5. The second kappa shape index (κ2) is 7.63. The fourth-order valence-electron chi connectivity index (χ4n) is 5.32. The highest BCUT2D eigenvalue weighted by molar-refractivity contribution is 9.10. The SMILES string of the molecule is CC(C)(C)OC(=O)N1C(=O)[C@]2(C[C@](C)(O)[C@H]([N+](=O)[O-])[C@H]2c2ccc(Br)cc2)c2ccccc21. The lowest BCUT2D eigenvalue weighted by Gasteiger charge is -2.31. The van der Waals surface area contributed by atoms with Crippen molar-refractivity contribution >= 4 is 33.6 Å². The number of aliphatic hydroxyl groups is 1. The zero-order valence-electron chi connectivity index (χ0n) is 18.7. The molecule has 0 aromatic heterocycles. The van der Waals surface area contributed by atoms with Gasteiger partial charge in [0.2, 0.25) is 11.9 Å². The van der Waals surface area contributed by atoms with Gasteiger partial charge >= 0.3 is 6.09 Å². The molecule has 1 aliphatic heterocycles. The number of fused-ring (bicyclic) bond motifs is 2. The lowest BCUT2D eigenvalue weighted by Crippen LogP contribution is -2.48. The number of nitrogens with zero attached hydrogens (tertiary/aromatic N) is 2. The number of anilines is 1. The monoisotopic (exact) mass is 516 g/mol. The number of rotatable bonds is 2. The van der Waals surface area contributed by atoms with Crippen molar-refractivity contribution in [2.45, 2.75) is 62.7 Å². The zero-order valence-corrected chi connectivity index (χ0v) is 20.3. The predicted molar refractivity (Wildman–Crippen MR) is 125 cm³/mol. The molecule has 1 N–H and O–H groups in total. The Morgan fingerprint density at radius 1 is 1.21 bits per heavy atom. The molecule has 0 bridgehead atoms. The number of imide groups is 1. The fraction of sp³-hybridized carbons (Fsp3) is 0.417. The normalized spacial score (nSPS) is 28.8. The molecular weight excluding hydrogens is 492 g/mol. The first-order valence-corrected chi connectivity index (χ1v) is 11.4. The molecule has 2 aliphatic rings. The van der Waals surface area contributed by atoms with E-state index in [-0.39, 0.29) is 6.42 Å². The molecular formula is C24H25BrN2O6. The molecule has 9 heteroatoms. The number of ether oxygens (including phenoxy) is 1. The Kier molecular flexibility index (Phi) is 5.41. The van der Waals surface area contributed by atoms with Crippen LogP contribution in [0, 0.1) is 10.1 Å². The minimum atomic E-state index is -1.80. The van der Waals surface area contributed by atoms with E-state index in [0.29, 0.717) is 16.8 Å². The van der Waals surface area contributed by atoms with E-state index < -0.39 is 45.5 Å². The van der Waals surface area contributed by atoms with Crippen LogP contribution in [-0.2, 0) is 14.9 Å². The average molecular weight is 517 g/mol. The molecule has 0 saturated heterocycles. The summed E-state index contributed by atoms with van der Waals surface area (Å²) in [6.45, 7) is 6.47. The van der Waals surface area contributed by atoms with Crippen LogP contribution in [0.1, 0.15) is 51.2 Å². The molecule has 2 aromatic carbocycles. The topological polar surface area (TPSA) is 110 Å². The van der Waals surface area contributed by atoms with Crippen LogP contribution in [0.25, 0.3) is 0 Å². The molecule has 1 spiro atoms. The summed E-state index contributed by atoms with van der Waals surface area (Å²) in [6, 6.07) is 12.2. The van der Waals surface area contributed by atoms with E-state index >= 15 is 0 Å². The highest BCUT2D eigenvalue weighted by Crippen LogP contribution is 2.61. The zero-order chi connectivity index (χ0) is 24.3. The second-order valence-electron chi connectivity index (χ2n) is 9.90. The van der Waals surface area contributed by atoms with Gasteiger partial charge in [-0.05, 0) is 57.0 Å². The van der Waals surface area contributed by atoms with E-state index in [1.54, 1.807) is 69.3 Å². The molecule has 0 radical (unpaired) electrons. The third-order valence-corrected chi connectivity index (χ3v) is 6.89. The number of carbonyl (C=O) groups is 2. The second-order valence-corrected chi connectivity index (χ2v) is 10.8. The van der Waals surface area contributed by atoms with Crippen molar-refractivity contribution in [3.8, 4) is 0 Å². The first kappa shape index (κ1) is 23.4. The summed E-state index contributed by atoms with van der Waals surface area (Å²) in [5.41, 5.74) is -2.84. The van der Waals surface area contributed by atoms with Gasteiger partial charge < -0.3 is 9.84 Å². The maximum Gasteiger partial charge on any atom is 0.421 e.